The first-order chi connectivity index (χ1) is 10.6. The van der Waals surface area contributed by atoms with Gasteiger partial charge in [0.15, 0.2) is 11.5 Å². The maximum Gasteiger partial charge on any atom is 0.221 e. The molecular formula is C16H14IN3O2. The predicted octanol–water partition coefficient (Wildman–Crippen LogP) is 3.50. The molecule has 0 fully saturated rings. The molecule has 22 heavy (non-hydrogen) atoms. The molecule has 0 aliphatic heterocycles. The summed E-state index contributed by atoms with van der Waals surface area (Å²) in [4.78, 5) is 8.71. The van der Waals surface area contributed by atoms with Gasteiger partial charge >= 0.3 is 0 Å². The zero-order valence-corrected chi connectivity index (χ0v) is 14.3. The third-order valence-electron chi connectivity index (χ3n) is 3.32. The van der Waals surface area contributed by atoms with Gasteiger partial charge < -0.3 is 15.2 Å². The number of hydrogen-bond acceptors (Lipinski definition) is 5. The van der Waals surface area contributed by atoms with Crippen LogP contribution in [-0.2, 0) is 0 Å². The lowest BCUT2D eigenvalue weighted by Crippen LogP contribution is -1.99. The fourth-order valence-electron chi connectivity index (χ4n) is 2.33. The maximum atomic E-state index is 5.87. The van der Waals surface area contributed by atoms with E-state index >= 15 is 0 Å². The van der Waals surface area contributed by atoms with E-state index in [1.54, 1.807) is 14.2 Å². The van der Waals surface area contributed by atoms with E-state index in [9.17, 15) is 0 Å². The minimum Gasteiger partial charge on any atom is -0.493 e. The second-order valence-corrected chi connectivity index (χ2v) is 5.91. The highest BCUT2D eigenvalue weighted by atomic mass is 127. The molecule has 0 unspecified atom stereocenters. The fraction of sp³-hybridized carbons (Fsp3) is 0.125. The van der Waals surface area contributed by atoms with Crippen molar-refractivity contribution < 1.29 is 9.47 Å². The summed E-state index contributed by atoms with van der Waals surface area (Å²) in [6.07, 6.45) is 0. The van der Waals surface area contributed by atoms with E-state index in [1.165, 1.54) is 0 Å². The van der Waals surface area contributed by atoms with Crippen LogP contribution in [0.2, 0.25) is 0 Å². The molecule has 6 heteroatoms. The van der Waals surface area contributed by atoms with Crippen molar-refractivity contribution in [1.29, 1.82) is 0 Å². The quantitative estimate of drug-likeness (QED) is 0.674. The number of anilines is 1. The van der Waals surface area contributed by atoms with Crippen molar-refractivity contribution in [3.05, 3.63) is 40.0 Å². The van der Waals surface area contributed by atoms with Gasteiger partial charge in [-0.05, 0) is 40.8 Å². The van der Waals surface area contributed by atoms with E-state index in [2.05, 4.69) is 38.6 Å². The molecule has 0 aliphatic rings. The SMILES string of the molecule is COc1cc2nc(N)nc(-c3cccc(I)c3)c2cc1OC. The average molecular weight is 407 g/mol. The zero-order chi connectivity index (χ0) is 15.7. The molecule has 0 atom stereocenters. The summed E-state index contributed by atoms with van der Waals surface area (Å²) in [5.74, 6) is 1.48. The first-order valence-corrected chi connectivity index (χ1v) is 7.65. The summed E-state index contributed by atoms with van der Waals surface area (Å²) in [6.45, 7) is 0. The smallest absolute Gasteiger partial charge is 0.221 e. The first kappa shape index (κ1) is 14.8. The Hall–Kier alpha value is -2.09. The first-order valence-electron chi connectivity index (χ1n) is 6.57. The number of nitrogens with zero attached hydrogens (tertiary/aromatic N) is 2. The molecule has 2 aromatic carbocycles. The van der Waals surface area contributed by atoms with Crippen LogP contribution in [0.4, 0.5) is 5.95 Å². The molecule has 0 radical (unpaired) electrons. The highest BCUT2D eigenvalue weighted by molar-refractivity contribution is 14.1. The molecule has 0 saturated heterocycles. The molecule has 2 N–H and O–H groups in total. The zero-order valence-electron chi connectivity index (χ0n) is 12.1. The van der Waals surface area contributed by atoms with E-state index in [4.69, 9.17) is 15.2 Å². The Bertz CT molecular complexity index is 852. The lowest BCUT2D eigenvalue weighted by molar-refractivity contribution is 0.356. The van der Waals surface area contributed by atoms with E-state index in [1.807, 2.05) is 30.3 Å². The molecule has 1 aromatic heterocycles. The van der Waals surface area contributed by atoms with Crippen LogP contribution in [0.25, 0.3) is 22.2 Å². The van der Waals surface area contributed by atoms with Crippen molar-refractivity contribution in [2.75, 3.05) is 20.0 Å². The summed E-state index contributed by atoms with van der Waals surface area (Å²) in [5, 5.41) is 0.869. The van der Waals surface area contributed by atoms with Crippen molar-refractivity contribution in [2.24, 2.45) is 0 Å². The Kier molecular flexibility index (Phi) is 4.02. The van der Waals surface area contributed by atoms with Crippen LogP contribution in [0.1, 0.15) is 0 Å². The van der Waals surface area contributed by atoms with Gasteiger partial charge in [0, 0.05) is 20.6 Å². The number of methoxy groups -OCH3 is 2. The van der Waals surface area contributed by atoms with E-state index < -0.39 is 0 Å². The molecule has 0 saturated carbocycles. The third kappa shape index (κ3) is 2.66. The van der Waals surface area contributed by atoms with Crippen LogP contribution in [0.15, 0.2) is 36.4 Å². The number of fused-ring (bicyclic) bond motifs is 1. The van der Waals surface area contributed by atoms with Crippen molar-refractivity contribution >= 4 is 39.4 Å². The van der Waals surface area contributed by atoms with Crippen molar-refractivity contribution in [3.63, 3.8) is 0 Å². The molecule has 0 amide bonds. The van der Waals surface area contributed by atoms with Gasteiger partial charge in [0.2, 0.25) is 5.95 Å². The molecule has 0 spiro atoms. The maximum absolute atomic E-state index is 5.87. The largest absolute Gasteiger partial charge is 0.493 e. The number of halogens is 1. The summed E-state index contributed by atoms with van der Waals surface area (Å²) < 4.78 is 11.8. The Morgan fingerprint density at radius 1 is 1.00 bits per heavy atom. The van der Waals surface area contributed by atoms with Gasteiger partial charge in [-0.25, -0.2) is 9.97 Å². The summed E-state index contributed by atoms with van der Waals surface area (Å²) in [5.41, 5.74) is 8.35. The van der Waals surface area contributed by atoms with Crippen molar-refractivity contribution in [3.8, 4) is 22.8 Å². The standard InChI is InChI=1S/C16H14IN3O2/c1-21-13-7-11-12(8-14(13)22-2)19-16(18)20-15(11)9-4-3-5-10(17)6-9/h3-8H,1-2H3,(H2,18,19,20). The Balaban J connectivity index is 2.34. The minimum absolute atomic E-state index is 0.230. The molecule has 3 aromatic rings. The Morgan fingerprint density at radius 2 is 1.73 bits per heavy atom. The number of nitrogen functional groups attached to an aromatic ring is 1. The molecule has 0 aliphatic carbocycles. The highest BCUT2D eigenvalue weighted by Crippen LogP contribution is 2.36. The Labute approximate surface area is 141 Å². The monoisotopic (exact) mass is 407 g/mol. The lowest BCUT2D eigenvalue weighted by Gasteiger charge is -2.12. The average Bonchev–Trinajstić information content (AvgIpc) is 2.52. The van der Waals surface area contributed by atoms with Gasteiger partial charge in [0.25, 0.3) is 0 Å². The molecular weight excluding hydrogens is 393 g/mol. The highest BCUT2D eigenvalue weighted by Gasteiger charge is 2.13. The number of aromatic nitrogens is 2. The van der Waals surface area contributed by atoms with Crippen LogP contribution in [0, 0.1) is 3.57 Å². The molecule has 0 bridgehead atoms. The number of nitrogens with two attached hydrogens (primary N) is 1. The summed E-state index contributed by atoms with van der Waals surface area (Å²) in [7, 11) is 3.20. The van der Waals surface area contributed by atoms with Gasteiger partial charge in [0.1, 0.15) is 0 Å². The molecule has 3 rings (SSSR count). The van der Waals surface area contributed by atoms with Crippen LogP contribution in [0.5, 0.6) is 11.5 Å². The number of rotatable bonds is 3. The fourth-order valence-corrected chi connectivity index (χ4v) is 2.87. The molecule has 1 heterocycles. The second-order valence-electron chi connectivity index (χ2n) is 4.67. The van der Waals surface area contributed by atoms with Crippen LogP contribution in [-0.4, -0.2) is 24.2 Å². The van der Waals surface area contributed by atoms with E-state index in [0.717, 1.165) is 25.7 Å². The number of hydrogen-bond donors (Lipinski definition) is 1. The number of benzene rings is 2. The Morgan fingerprint density at radius 3 is 2.41 bits per heavy atom. The van der Waals surface area contributed by atoms with Crippen molar-refractivity contribution in [2.45, 2.75) is 0 Å². The molecule has 5 nitrogen and oxygen atoms in total. The van der Waals surface area contributed by atoms with Crippen molar-refractivity contribution in [1.82, 2.24) is 9.97 Å². The van der Waals surface area contributed by atoms with E-state index in [0.29, 0.717) is 11.5 Å². The summed E-state index contributed by atoms with van der Waals surface area (Å²) >= 11 is 2.27. The van der Waals surface area contributed by atoms with Crippen LogP contribution < -0.4 is 15.2 Å². The van der Waals surface area contributed by atoms with Crippen LogP contribution >= 0.6 is 22.6 Å². The van der Waals surface area contributed by atoms with Gasteiger partial charge in [-0.1, -0.05) is 12.1 Å². The lowest BCUT2D eigenvalue weighted by atomic mass is 10.1. The van der Waals surface area contributed by atoms with E-state index in [-0.39, 0.29) is 5.95 Å². The van der Waals surface area contributed by atoms with Gasteiger partial charge in [0.05, 0.1) is 25.4 Å². The van der Waals surface area contributed by atoms with Gasteiger partial charge in [-0.2, -0.15) is 0 Å². The normalized spacial score (nSPS) is 10.7. The predicted molar refractivity (Wildman–Crippen MR) is 95.2 cm³/mol. The topological polar surface area (TPSA) is 70.3 Å². The van der Waals surface area contributed by atoms with Gasteiger partial charge in [-0.3, -0.25) is 0 Å². The van der Waals surface area contributed by atoms with Gasteiger partial charge in [-0.15, -0.1) is 0 Å². The third-order valence-corrected chi connectivity index (χ3v) is 3.99. The number of ether oxygens (including phenoxy) is 2. The minimum atomic E-state index is 0.230. The second kappa shape index (κ2) is 5.96. The molecule has 112 valence electrons. The summed E-state index contributed by atoms with van der Waals surface area (Å²) in [6, 6.07) is 11.8. The van der Waals surface area contributed by atoms with Crippen LogP contribution in [0.3, 0.4) is 0 Å².